The van der Waals surface area contributed by atoms with E-state index in [-0.39, 0.29) is 11.8 Å². The van der Waals surface area contributed by atoms with Crippen LogP contribution in [0.5, 0.6) is 0 Å². The van der Waals surface area contributed by atoms with Gasteiger partial charge in [0.05, 0.1) is 10.0 Å². The average Bonchev–Trinajstić information content (AvgIpc) is 3.11. The first-order valence-corrected chi connectivity index (χ1v) is 8.52. The van der Waals surface area contributed by atoms with Crippen molar-refractivity contribution >= 4 is 40.7 Å². The fraction of sp³-hybridized carbons (Fsp3) is 0.375. The van der Waals surface area contributed by atoms with Crippen molar-refractivity contribution in [1.82, 2.24) is 9.97 Å². The second kappa shape index (κ2) is 7.46. The molecule has 0 amide bonds. The molecule has 140 valence electrons. The van der Waals surface area contributed by atoms with Crippen molar-refractivity contribution in [2.45, 2.75) is 25.2 Å². The highest BCUT2D eigenvalue weighted by Crippen LogP contribution is 2.37. The topological polar surface area (TPSA) is 50.3 Å². The van der Waals surface area contributed by atoms with E-state index in [2.05, 4.69) is 15.3 Å². The number of ether oxygens (including phenoxy) is 1. The van der Waals surface area contributed by atoms with Crippen molar-refractivity contribution in [2.75, 3.05) is 23.9 Å². The molecular weight excluding hydrogens is 392 g/mol. The van der Waals surface area contributed by atoms with Gasteiger partial charge < -0.3 is 15.0 Å². The number of anilines is 3. The standard InChI is InChI=1S/C16H15Cl2F3N4O/c1-25(13-3-2-6-26-13)14-10(16(19,20)21)8-22-15(24-14)23-9-4-5-11(17)12(18)7-9/h4-5,7-8,13H,2-3,6H2,1H3,(H,22,23,24). The molecule has 0 saturated carbocycles. The second-order valence-electron chi connectivity index (χ2n) is 5.76. The minimum atomic E-state index is -4.58. The van der Waals surface area contributed by atoms with Gasteiger partial charge >= 0.3 is 6.18 Å². The van der Waals surface area contributed by atoms with Gasteiger partial charge in [-0.2, -0.15) is 18.2 Å². The Morgan fingerprint density at radius 2 is 2.04 bits per heavy atom. The third-order valence-electron chi connectivity index (χ3n) is 3.92. The van der Waals surface area contributed by atoms with Gasteiger partial charge in [0, 0.05) is 25.5 Å². The molecule has 10 heteroatoms. The van der Waals surface area contributed by atoms with Crippen LogP contribution in [0.4, 0.5) is 30.6 Å². The Hall–Kier alpha value is -1.77. The quantitative estimate of drug-likeness (QED) is 0.763. The molecule has 1 aromatic heterocycles. The lowest BCUT2D eigenvalue weighted by molar-refractivity contribution is -0.137. The fourth-order valence-corrected chi connectivity index (χ4v) is 2.91. The van der Waals surface area contributed by atoms with Crippen LogP contribution in [0.2, 0.25) is 10.0 Å². The zero-order chi connectivity index (χ0) is 18.9. The maximum atomic E-state index is 13.4. The Morgan fingerprint density at radius 3 is 2.65 bits per heavy atom. The van der Waals surface area contributed by atoms with Gasteiger partial charge in [-0.05, 0) is 31.0 Å². The van der Waals surface area contributed by atoms with Crippen LogP contribution in [0, 0.1) is 0 Å². The van der Waals surface area contributed by atoms with Crippen molar-refractivity contribution in [3.05, 3.63) is 40.0 Å². The van der Waals surface area contributed by atoms with Crippen LogP contribution >= 0.6 is 23.2 Å². The number of alkyl halides is 3. The summed E-state index contributed by atoms with van der Waals surface area (Å²) >= 11 is 11.8. The summed E-state index contributed by atoms with van der Waals surface area (Å²) in [5.41, 5.74) is -0.417. The molecule has 0 bridgehead atoms. The van der Waals surface area contributed by atoms with Crippen molar-refractivity contribution in [3.63, 3.8) is 0 Å². The van der Waals surface area contributed by atoms with Gasteiger partial charge in [-0.1, -0.05) is 23.2 Å². The molecule has 2 aromatic rings. The largest absolute Gasteiger partial charge is 0.421 e. The highest BCUT2D eigenvalue weighted by Gasteiger charge is 2.38. The van der Waals surface area contributed by atoms with Gasteiger partial charge in [0.2, 0.25) is 5.95 Å². The summed E-state index contributed by atoms with van der Waals surface area (Å²) in [6.45, 7) is 0.510. The molecule has 0 aliphatic carbocycles. The highest BCUT2D eigenvalue weighted by molar-refractivity contribution is 6.42. The number of halogens is 5. The summed E-state index contributed by atoms with van der Waals surface area (Å²) in [5, 5.41) is 3.51. The van der Waals surface area contributed by atoms with Crippen LogP contribution in [0.1, 0.15) is 18.4 Å². The second-order valence-corrected chi connectivity index (χ2v) is 6.58. The van der Waals surface area contributed by atoms with E-state index in [9.17, 15) is 13.2 Å². The number of hydrogen-bond donors (Lipinski definition) is 1. The summed E-state index contributed by atoms with van der Waals surface area (Å²) in [4.78, 5) is 9.22. The van der Waals surface area contributed by atoms with E-state index < -0.39 is 18.0 Å². The molecule has 26 heavy (non-hydrogen) atoms. The summed E-state index contributed by atoms with van der Waals surface area (Å²) in [6.07, 6.45) is -2.86. The number of benzene rings is 1. The lowest BCUT2D eigenvalue weighted by Crippen LogP contribution is -2.33. The molecule has 3 rings (SSSR count). The van der Waals surface area contributed by atoms with E-state index in [0.717, 1.165) is 12.6 Å². The highest BCUT2D eigenvalue weighted by atomic mass is 35.5. The maximum Gasteiger partial charge on any atom is 0.421 e. The van der Waals surface area contributed by atoms with Gasteiger partial charge in [-0.15, -0.1) is 0 Å². The first kappa shape index (κ1) is 19.0. The normalized spacial score (nSPS) is 17.4. The average molecular weight is 407 g/mol. The molecule has 5 nitrogen and oxygen atoms in total. The molecule has 1 unspecified atom stereocenters. The number of rotatable bonds is 4. The van der Waals surface area contributed by atoms with E-state index >= 15 is 0 Å². The molecular formula is C16H15Cl2F3N4O. The fourth-order valence-electron chi connectivity index (χ4n) is 2.61. The van der Waals surface area contributed by atoms with Crippen molar-refractivity contribution in [1.29, 1.82) is 0 Å². The Kier molecular flexibility index (Phi) is 5.45. The summed E-state index contributed by atoms with van der Waals surface area (Å²) in [6, 6.07) is 4.73. The van der Waals surface area contributed by atoms with E-state index in [1.807, 2.05) is 0 Å². The predicted molar refractivity (Wildman–Crippen MR) is 94.2 cm³/mol. The Morgan fingerprint density at radius 1 is 1.27 bits per heavy atom. The lowest BCUT2D eigenvalue weighted by atomic mass is 10.2. The van der Waals surface area contributed by atoms with Gasteiger partial charge in [0.25, 0.3) is 0 Å². The van der Waals surface area contributed by atoms with E-state index in [4.69, 9.17) is 27.9 Å². The first-order valence-electron chi connectivity index (χ1n) is 7.76. The third-order valence-corrected chi connectivity index (χ3v) is 4.66. The number of aromatic nitrogens is 2. The molecule has 1 N–H and O–H groups in total. The Bertz CT molecular complexity index is 798. The summed E-state index contributed by atoms with van der Waals surface area (Å²) in [5.74, 6) is -0.238. The van der Waals surface area contributed by atoms with Crippen LogP contribution in [0.3, 0.4) is 0 Å². The van der Waals surface area contributed by atoms with Crippen LogP contribution in [-0.2, 0) is 10.9 Å². The van der Waals surface area contributed by atoms with Crippen LogP contribution < -0.4 is 10.2 Å². The van der Waals surface area contributed by atoms with Gasteiger partial charge in [-0.25, -0.2) is 4.98 Å². The van der Waals surface area contributed by atoms with Crippen molar-refractivity contribution in [3.8, 4) is 0 Å². The van der Waals surface area contributed by atoms with Crippen LogP contribution in [-0.4, -0.2) is 29.9 Å². The molecule has 0 spiro atoms. The molecule has 1 saturated heterocycles. The van der Waals surface area contributed by atoms with Crippen molar-refractivity contribution < 1.29 is 17.9 Å². The lowest BCUT2D eigenvalue weighted by Gasteiger charge is -2.27. The minimum Gasteiger partial charge on any atom is -0.358 e. The molecule has 2 heterocycles. The van der Waals surface area contributed by atoms with E-state index in [1.54, 1.807) is 12.1 Å². The van der Waals surface area contributed by atoms with Gasteiger partial charge in [-0.3, -0.25) is 0 Å². The Balaban J connectivity index is 1.94. The summed E-state index contributed by atoms with van der Waals surface area (Å²) in [7, 11) is 1.52. The van der Waals surface area contributed by atoms with Crippen molar-refractivity contribution in [2.24, 2.45) is 0 Å². The molecule has 1 aromatic carbocycles. The van der Waals surface area contributed by atoms with Gasteiger partial charge in [0.15, 0.2) is 0 Å². The smallest absolute Gasteiger partial charge is 0.358 e. The predicted octanol–water partition coefficient (Wildman–Crippen LogP) is 5.12. The summed E-state index contributed by atoms with van der Waals surface area (Å²) < 4.78 is 45.5. The van der Waals surface area contributed by atoms with Gasteiger partial charge in [0.1, 0.15) is 17.6 Å². The number of nitrogens with zero attached hydrogens (tertiary/aromatic N) is 3. The number of hydrogen-bond acceptors (Lipinski definition) is 5. The zero-order valence-corrected chi connectivity index (χ0v) is 15.2. The molecule has 1 aliphatic heterocycles. The number of nitrogens with one attached hydrogen (secondary N) is 1. The third kappa shape index (κ3) is 4.13. The van der Waals surface area contributed by atoms with Crippen LogP contribution in [0.15, 0.2) is 24.4 Å². The molecule has 1 fully saturated rings. The van der Waals surface area contributed by atoms with E-state index in [1.165, 1.54) is 18.0 Å². The Labute approximate surface area is 158 Å². The maximum absolute atomic E-state index is 13.4. The minimum absolute atomic E-state index is 0.0104. The monoisotopic (exact) mass is 406 g/mol. The van der Waals surface area contributed by atoms with E-state index in [0.29, 0.717) is 28.8 Å². The molecule has 0 radical (unpaired) electrons. The van der Waals surface area contributed by atoms with Crippen LogP contribution in [0.25, 0.3) is 0 Å². The zero-order valence-electron chi connectivity index (χ0n) is 13.6. The SMILES string of the molecule is CN(c1nc(Nc2ccc(Cl)c(Cl)c2)ncc1C(F)(F)F)C1CCCO1. The first-order chi connectivity index (χ1) is 12.3. The molecule has 1 aliphatic rings. The molecule has 1 atom stereocenters.